The molecule has 3 rings (SSSR count). The zero-order valence-electron chi connectivity index (χ0n) is 19.0. The van der Waals surface area contributed by atoms with Crippen LogP contribution < -0.4 is 0 Å². The SMILES string of the molecule is [CH2]CN(C(=O)CCN(CCc1ccccc1)C(=O)OCc1ccccc1)C1CCCCC1. The molecule has 1 radical (unpaired) electrons. The lowest BCUT2D eigenvalue weighted by Gasteiger charge is -2.34. The molecule has 0 aromatic heterocycles. The molecule has 5 heteroatoms. The number of hydrogen-bond acceptors (Lipinski definition) is 3. The maximum absolute atomic E-state index is 13.0. The summed E-state index contributed by atoms with van der Waals surface area (Å²) in [6.45, 7) is 5.55. The smallest absolute Gasteiger partial charge is 0.410 e. The molecule has 5 nitrogen and oxygen atoms in total. The van der Waals surface area contributed by atoms with Crippen LogP contribution in [-0.4, -0.2) is 47.5 Å². The Morgan fingerprint density at radius 3 is 2.12 bits per heavy atom. The van der Waals surface area contributed by atoms with Crippen LogP contribution in [0.25, 0.3) is 0 Å². The lowest BCUT2D eigenvalue weighted by Crippen LogP contribution is -2.43. The van der Waals surface area contributed by atoms with Crippen molar-refractivity contribution >= 4 is 12.0 Å². The second kappa shape index (κ2) is 12.9. The molecule has 0 atom stereocenters. The van der Waals surface area contributed by atoms with Gasteiger partial charge in [0.25, 0.3) is 0 Å². The zero-order valence-corrected chi connectivity index (χ0v) is 19.0. The quantitative estimate of drug-likeness (QED) is 0.512. The Morgan fingerprint density at radius 1 is 0.875 bits per heavy atom. The van der Waals surface area contributed by atoms with Crippen LogP contribution in [0.15, 0.2) is 60.7 Å². The fraction of sp³-hybridized carbons (Fsp3) is 0.444. The number of benzene rings is 2. The number of rotatable bonds is 10. The van der Waals surface area contributed by atoms with Crippen molar-refractivity contribution in [1.82, 2.24) is 9.80 Å². The minimum absolute atomic E-state index is 0.0764. The van der Waals surface area contributed by atoms with E-state index in [9.17, 15) is 9.59 Å². The average molecular weight is 436 g/mol. The van der Waals surface area contributed by atoms with E-state index in [1.807, 2.05) is 65.6 Å². The van der Waals surface area contributed by atoms with E-state index in [1.165, 1.54) is 19.3 Å². The van der Waals surface area contributed by atoms with E-state index in [0.717, 1.165) is 30.4 Å². The highest BCUT2D eigenvalue weighted by Crippen LogP contribution is 2.23. The van der Waals surface area contributed by atoms with E-state index in [4.69, 9.17) is 4.74 Å². The summed E-state index contributed by atoms with van der Waals surface area (Å²) < 4.78 is 5.56. The summed E-state index contributed by atoms with van der Waals surface area (Å²) >= 11 is 0. The summed E-state index contributed by atoms with van der Waals surface area (Å²) in [5, 5.41) is 0. The lowest BCUT2D eigenvalue weighted by molar-refractivity contribution is -0.133. The van der Waals surface area contributed by atoms with Gasteiger partial charge in [0.1, 0.15) is 6.61 Å². The third-order valence-corrected chi connectivity index (χ3v) is 6.15. The topological polar surface area (TPSA) is 49.9 Å². The van der Waals surface area contributed by atoms with E-state index in [0.29, 0.717) is 26.1 Å². The number of nitrogens with zero attached hydrogens (tertiary/aromatic N) is 2. The summed E-state index contributed by atoms with van der Waals surface area (Å²) in [4.78, 5) is 29.4. The molecule has 2 aromatic carbocycles. The average Bonchev–Trinajstić information content (AvgIpc) is 2.85. The van der Waals surface area contributed by atoms with Gasteiger partial charge in [-0.05, 0) is 37.3 Å². The molecule has 0 saturated heterocycles. The third kappa shape index (κ3) is 7.40. The summed E-state index contributed by atoms with van der Waals surface area (Å²) in [6, 6.07) is 20.0. The first kappa shape index (κ1) is 23.8. The largest absolute Gasteiger partial charge is 0.445 e. The highest BCUT2D eigenvalue weighted by atomic mass is 16.6. The minimum Gasteiger partial charge on any atom is -0.445 e. The van der Waals surface area contributed by atoms with Gasteiger partial charge in [-0.2, -0.15) is 0 Å². The van der Waals surface area contributed by atoms with Crippen LogP contribution in [0.5, 0.6) is 0 Å². The minimum atomic E-state index is -0.378. The molecule has 171 valence electrons. The highest BCUT2D eigenvalue weighted by molar-refractivity contribution is 5.77. The van der Waals surface area contributed by atoms with Crippen molar-refractivity contribution in [3.8, 4) is 0 Å². The van der Waals surface area contributed by atoms with E-state index in [2.05, 4.69) is 6.92 Å². The van der Waals surface area contributed by atoms with Crippen LogP contribution in [0, 0.1) is 6.92 Å². The predicted molar refractivity (Wildman–Crippen MR) is 127 cm³/mol. The fourth-order valence-corrected chi connectivity index (χ4v) is 4.29. The Bertz CT molecular complexity index is 819. The van der Waals surface area contributed by atoms with Crippen LogP contribution in [0.4, 0.5) is 4.79 Å². The van der Waals surface area contributed by atoms with Crippen LogP contribution in [-0.2, 0) is 22.6 Å². The fourth-order valence-electron chi connectivity index (χ4n) is 4.29. The van der Waals surface area contributed by atoms with Gasteiger partial charge >= 0.3 is 6.09 Å². The Hall–Kier alpha value is -2.82. The number of carbonyl (C=O) groups is 2. The van der Waals surface area contributed by atoms with Crippen molar-refractivity contribution in [1.29, 1.82) is 0 Å². The van der Waals surface area contributed by atoms with Gasteiger partial charge in [0.15, 0.2) is 0 Å². The normalized spacial score (nSPS) is 14.0. The maximum atomic E-state index is 13.0. The predicted octanol–water partition coefficient (Wildman–Crippen LogP) is 5.25. The van der Waals surface area contributed by atoms with Crippen molar-refractivity contribution in [2.75, 3.05) is 19.6 Å². The Kier molecular flexibility index (Phi) is 9.60. The number of hydrogen-bond donors (Lipinski definition) is 0. The monoisotopic (exact) mass is 435 g/mol. The van der Waals surface area contributed by atoms with Crippen molar-refractivity contribution in [3.63, 3.8) is 0 Å². The van der Waals surface area contributed by atoms with Crippen LogP contribution >= 0.6 is 0 Å². The molecule has 0 spiro atoms. The standard InChI is InChI=1S/C27H35N2O3/c1-2-29(25-16-10-5-11-17-25)26(30)19-21-28(20-18-23-12-6-3-7-13-23)27(31)32-22-24-14-8-4-9-15-24/h3-4,6-9,12-15,25H,1-2,5,10-11,16-22H2. The van der Waals surface area contributed by atoms with Crippen molar-refractivity contribution in [2.45, 2.75) is 57.6 Å². The molecule has 1 saturated carbocycles. The molecule has 2 aromatic rings. The van der Waals surface area contributed by atoms with Gasteiger partial charge in [0, 0.05) is 32.1 Å². The number of carbonyl (C=O) groups excluding carboxylic acids is 2. The summed E-state index contributed by atoms with van der Waals surface area (Å²) in [7, 11) is 0. The molecule has 0 aliphatic heterocycles. The molecule has 1 aliphatic carbocycles. The van der Waals surface area contributed by atoms with Crippen LogP contribution in [0.2, 0.25) is 0 Å². The van der Waals surface area contributed by atoms with E-state index < -0.39 is 0 Å². The Morgan fingerprint density at radius 2 is 1.50 bits per heavy atom. The molecular weight excluding hydrogens is 400 g/mol. The van der Waals surface area contributed by atoms with Gasteiger partial charge < -0.3 is 14.5 Å². The van der Waals surface area contributed by atoms with Gasteiger partial charge in [0.05, 0.1) is 0 Å². The van der Waals surface area contributed by atoms with E-state index >= 15 is 0 Å². The van der Waals surface area contributed by atoms with Crippen molar-refractivity contribution in [3.05, 3.63) is 78.7 Å². The number of ether oxygens (including phenoxy) is 1. The van der Waals surface area contributed by atoms with Gasteiger partial charge in [-0.3, -0.25) is 4.79 Å². The van der Waals surface area contributed by atoms with Crippen LogP contribution in [0.3, 0.4) is 0 Å². The maximum Gasteiger partial charge on any atom is 0.410 e. The molecular formula is C27H35N2O3. The summed E-state index contributed by atoms with van der Waals surface area (Å²) in [5.74, 6) is 0.0764. The molecule has 32 heavy (non-hydrogen) atoms. The second-order valence-corrected chi connectivity index (χ2v) is 8.39. The summed E-state index contributed by atoms with van der Waals surface area (Å²) in [6.07, 6.45) is 6.33. The first-order valence-corrected chi connectivity index (χ1v) is 11.8. The van der Waals surface area contributed by atoms with E-state index in [1.54, 1.807) is 4.90 Å². The summed E-state index contributed by atoms with van der Waals surface area (Å²) in [5.41, 5.74) is 2.10. The molecule has 0 unspecified atom stereocenters. The molecule has 1 aliphatic rings. The Balaban J connectivity index is 1.58. The second-order valence-electron chi connectivity index (χ2n) is 8.39. The van der Waals surface area contributed by atoms with Gasteiger partial charge in [0.2, 0.25) is 5.91 Å². The molecule has 0 heterocycles. The molecule has 1 fully saturated rings. The lowest BCUT2D eigenvalue weighted by atomic mass is 9.94. The van der Waals surface area contributed by atoms with E-state index in [-0.39, 0.29) is 24.6 Å². The van der Waals surface area contributed by atoms with Crippen molar-refractivity contribution in [2.24, 2.45) is 0 Å². The van der Waals surface area contributed by atoms with Gasteiger partial charge in [-0.25, -0.2) is 4.79 Å². The zero-order chi connectivity index (χ0) is 22.6. The Labute approximate surface area is 192 Å². The number of amides is 2. The van der Waals surface area contributed by atoms with Crippen molar-refractivity contribution < 1.29 is 14.3 Å². The van der Waals surface area contributed by atoms with Crippen LogP contribution in [0.1, 0.15) is 49.7 Å². The molecule has 0 bridgehead atoms. The highest BCUT2D eigenvalue weighted by Gasteiger charge is 2.25. The molecule has 2 amide bonds. The van der Waals surface area contributed by atoms with Gasteiger partial charge in [-0.1, -0.05) is 79.9 Å². The van der Waals surface area contributed by atoms with Gasteiger partial charge in [-0.15, -0.1) is 0 Å². The first-order chi connectivity index (χ1) is 15.7. The molecule has 0 N–H and O–H groups in total. The third-order valence-electron chi connectivity index (χ3n) is 6.15. The first-order valence-electron chi connectivity index (χ1n) is 11.8.